The normalized spacial score (nSPS) is 21.0. The van der Waals surface area contributed by atoms with Gasteiger partial charge in [0.15, 0.2) is 5.96 Å². The van der Waals surface area contributed by atoms with Gasteiger partial charge in [-0.1, -0.05) is 13.3 Å². The Bertz CT molecular complexity index is 393. The van der Waals surface area contributed by atoms with Crippen molar-refractivity contribution < 1.29 is 4.74 Å². The topological polar surface area (TPSA) is 48.9 Å². The summed E-state index contributed by atoms with van der Waals surface area (Å²) in [4.78, 5) is 7.01. The first kappa shape index (κ1) is 24.0. The Labute approximate surface area is 178 Å². The second-order valence-corrected chi connectivity index (χ2v) is 8.18. The zero-order chi connectivity index (χ0) is 18.0. The molecule has 0 aromatic rings. The standard InChI is InChI=1S/C20H40N4O.HI/c1-18-7-14-24(15-8-18)13-5-4-12-22-19(21-2)23-17-20(9-6-10-20)11-16-25-3;/h18H,4-17H2,1-3H3,(H2,21,22,23);1H. The van der Waals surface area contributed by atoms with E-state index in [4.69, 9.17) is 4.74 Å². The van der Waals surface area contributed by atoms with Crippen LogP contribution in [0.1, 0.15) is 58.3 Å². The van der Waals surface area contributed by atoms with E-state index in [0.717, 1.165) is 38.0 Å². The lowest BCUT2D eigenvalue weighted by molar-refractivity contribution is 0.0732. The molecule has 0 unspecified atom stereocenters. The largest absolute Gasteiger partial charge is 0.385 e. The third kappa shape index (κ3) is 8.30. The Balaban J connectivity index is 0.00000338. The maximum atomic E-state index is 5.28. The minimum absolute atomic E-state index is 0. The average Bonchev–Trinajstić information content (AvgIpc) is 2.60. The van der Waals surface area contributed by atoms with E-state index in [1.54, 1.807) is 7.11 Å². The van der Waals surface area contributed by atoms with Gasteiger partial charge >= 0.3 is 0 Å². The molecule has 0 aromatic carbocycles. The van der Waals surface area contributed by atoms with E-state index in [9.17, 15) is 0 Å². The first-order chi connectivity index (χ1) is 12.2. The molecule has 2 fully saturated rings. The zero-order valence-electron chi connectivity index (χ0n) is 17.2. The van der Waals surface area contributed by atoms with E-state index in [1.807, 2.05) is 7.05 Å². The van der Waals surface area contributed by atoms with Crippen LogP contribution in [0, 0.1) is 11.3 Å². The van der Waals surface area contributed by atoms with E-state index in [-0.39, 0.29) is 24.0 Å². The quantitative estimate of drug-likeness (QED) is 0.218. The number of ether oxygens (including phenoxy) is 1. The van der Waals surface area contributed by atoms with Crippen molar-refractivity contribution >= 4 is 29.9 Å². The van der Waals surface area contributed by atoms with Gasteiger partial charge < -0.3 is 20.3 Å². The molecule has 26 heavy (non-hydrogen) atoms. The number of piperidine rings is 1. The van der Waals surface area contributed by atoms with Crippen molar-refractivity contribution in [3.8, 4) is 0 Å². The minimum atomic E-state index is 0. The number of methoxy groups -OCH3 is 1. The van der Waals surface area contributed by atoms with Gasteiger partial charge in [-0.25, -0.2) is 0 Å². The van der Waals surface area contributed by atoms with Crippen LogP contribution in [0.15, 0.2) is 4.99 Å². The molecule has 1 saturated carbocycles. The lowest BCUT2D eigenvalue weighted by Gasteiger charge is -2.42. The number of guanidine groups is 1. The summed E-state index contributed by atoms with van der Waals surface area (Å²) in [7, 11) is 3.66. The second-order valence-electron chi connectivity index (χ2n) is 8.18. The molecule has 154 valence electrons. The summed E-state index contributed by atoms with van der Waals surface area (Å²) in [5.41, 5.74) is 0.430. The molecule has 0 radical (unpaired) electrons. The number of likely N-dealkylation sites (tertiary alicyclic amines) is 1. The number of nitrogens with one attached hydrogen (secondary N) is 2. The molecular formula is C20H41IN4O. The fourth-order valence-electron chi connectivity index (χ4n) is 3.96. The Hall–Kier alpha value is -0.0800. The van der Waals surface area contributed by atoms with Gasteiger partial charge in [0.05, 0.1) is 0 Å². The van der Waals surface area contributed by atoms with Crippen molar-refractivity contribution in [1.82, 2.24) is 15.5 Å². The summed E-state index contributed by atoms with van der Waals surface area (Å²) in [6.07, 6.45) is 10.4. The van der Waals surface area contributed by atoms with Crippen molar-refractivity contribution in [3.63, 3.8) is 0 Å². The minimum Gasteiger partial charge on any atom is -0.385 e. The maximum absolute atomic E-state index is 5.28. The number of unbranched alkanes of at least 4 members (excludes halogenated alkanes) is 1. The van der Waals surface area contributed by atoms with Gasteiger partial charge in [-0.3, -0.25) is 4.99 Å². The summed E-state index contributed by atoms with van der Waals surface area (Å²) >= 11 is 0. The molecule has 6 heteroatoms. The van der Waals surface area contributed by atoms with Crippen LogP contribution in [-0.2, 0) is 4.74 Å². The third-order valence-corrected chi connectivity index (χ3v) is 6.17. The molecule has 2 aliphatic rings. The van der Waals surface area contributed by atoms with Crippen LogP contribution >= 0.6 is 24.0 Å². The monoisotopic (exact) mass is 480 g/mol. The molecule has 0 bridgehead atoms. The van der Waals surface area contributed by atoms with E-state index in [2.05, 4.69) is 27.4 Å². The predicted octanol–water partition coefficient (Wildman–Crippen LogP) is 3.49. The van der Waals surface area contributed by atoms with E-state index < -0.39 is 0 Å². The van der Waals surface area contributed by atoms with Crippen LogP contribution in [0.2, 0.25) is 0 Å². The summed E-state index contributed by atoms with van der Waals surface area (Å²) in [5.74, 6) is 1.88. The molecule has 0 aromatic heterocycles. The van der Waals surface area contributed by atoms with Gasteiger partial charge in [-0.15, -0.1) is 24.0 Å². The zero-order valence-corrected chi connectivity index (χ0v) is 19.5. The van der Waals surface area contributed by atoms with E-state index in [0.29, 0.717) is 5.41 Å². The first-order valence-corrected chi connectivity index (χ1v) is 10.3. The van der Waals surface area contributed by atoms with E-state index >= 15 is 0 Å². The summed E-state index contributed by atoms with van der Waals surface area (Å²) in [5, 5.41) is 7.02. The maximum Gasteiger partial charge on any atom is 0.190 e. The third-order valence-electron chi connectivity index (χ3n) is 6.17. The van der Waals surface area contributed by atoms with Crippen molar-refractivity contribution in [3.05, 3.63) is 0 Å². The Morgan fingerprint density at radius 2 is 1.92 bits per heavy atom. The molecule has 2 rings (SSSR count). The molecule has 1 saturated heterocycles. The molecule has 2 N–H and O–H groups in total. The smallest absolute Gasteiger partial charge is 0.190 e. The molecule has 1 aliphatic heterocycles. The molecule has 5 nitrogen and oxygen atoms in total. The Kier molecular flexibility index (Phi) is 12.1. The van der Waals surface area contributed by atoms with Crippen LogP contribution in [0.4, 0.5) is 0 Å². The molecule has 0 amide bonds. The molecular weight excluding hydrogens is 439 g/mol. The predicted molar refractivity (Wildman–Crippen MR) is 122 cm³/mol. The van der Waals surface area contributed by atoms with Gasteiger partial charge in [-0.2, -0.15) is 0 Å². The number of hydrogen-bond acceptors (Lipinski definition) is 3. The lowest BCUT2D eigenvalue weighted by Crippen LogP contribution is -2.47. The van der Waals surface area contributed by atoms with Crippen LogP contribution in [0.25, 0.3) is 0 Å². The fraction of sp³-hybridized carbons (Fsp3) is 0.950. The highest BCUT2D eigenvalue weighted by molar-refractivity contribution is 14.0. The number of nitrogens with zero attached hydrogens (tertiary/aromatic N) is 2. The highest BCUT2D eigenvalue weighted by Gasteiger charge is 2.36. The highest BCUT2D eigenvalue weighted by Crippen LogP contribution is 2.43. The van der Waals surface area contributed by atoms with Gasteiger partial charge in [0.1, 0.15) is 0 Å². The number of hydrogen-bond donors (Lipinski definition) is 2. The summed E-state index contributed by atoms with van der Waals surface area (Å²) in [6.45, 7) is 9.10. The van der Waals surface area contributed by atoms with Crippen molar-refractivity contribution in [1.29, 1.82) is 0 Å². The van der Waals surface area contributed by atoms with Crippen molar-refractivity contribution in [2.24, 2.45) is 16.3 Å². The SMILES string of the molecule is CN=C(NCCCCN1CCC(C)CC1)NCC1(CCOC)CCC1.I. The van der Waals surface area contributed by atoms with Crippen LogP contribution < -0.4 is 10.6 Å². The summed E-state index contributed by atoms with van der Waals surface area (Å²) < 4.78 is 5.28. The molecule has 1 heterocycles. The van der Waals surface area contributed by atoms with Gasteiger partial charge in [0, 0.05) is 33.9 Å². The van der Waals surface area contributed by atoms with Gasteiger partial charge in [-0.05, 0) is 75.9 Å². The van der Waals surface area contributed by atoms with Crippen LogP contribution in [-0.4, -0.2) is 64.3 Å². The molecule has 0 atom stereocenters. The molecule has 0 spiro atoms. The van der Waals surface area contributed by atoms with E-state index in [1.165, 1.54) is 64.6 Å². The lowest BCUT2D eigenvalue weighted by atomic mass is 9.67. The Morgan fingerprint density at radius 3 is 2.50 bits per heavy atom. The fourth-order valence-corrected chi connectivity index (χ4v) is 3.96. The first-order valence-electron chi connectivity index (χ1n) is 10.3. The number of rotatable bonds is 10. The molecule has 1 aliphatic carbocycles. The van der Waals surface area contributed by atoms with Crippen LogP contribution in [0.5, 0.6) is 0 Å². The van der Waals surface area contributed by atoms with Crippen molar-refractivity contribution in [2.45, 2.75) is 58.3 Å². The number of aliphatic imine (C=N–C) groups is 1. The Morgan fingerprint density at radius 1 is 1.19 bits per heavy atom. The van der Waals surface area contributed by atoms with Gasteiger partial charge in [0.2, 0.25) is 0 Å². The second kappa shape index (κ2) is 13.2. The number of halogens is 1. The summed E-state index contributed by atoms with van der Waals surface area (Å²) in [6, 6.07) is 0. The highest BCUT2D eigenvalue weighted by atomic mass is 127. The van der Waals surface area contributed by atoms with Gasteiger partial charge in [0.25, 0.3) is 0 Å². The van der Waals surface area contributed by atoms with Crippen LogP contribution in [0.3, 0.4) is 0 Å². The average molecular weight is 480 g/mol. The van der Waals surface area contributed by atoms with Crippen molar-refractivity contribution in [2.75, 3.05) is 53.5 Å².